The average molecular weight is 250 g/mol. The summed E-state index contributed by atoms with van der Waals surface area (Å²) in [5.74, 6) is 0.901. The maximum atomic E-state index is 11.5. The first-order valence-corrected chi connectivity index (χ1v) is 5.84. The van der Waals surface area contributed by atoms with E-state index >= 15 is 0 Å². The molecule has 0 fully saturated rings. The van der Waals surface area contributed by atoms with Crippen LogP contribution in [0, 0.1) is 6.92 Å². The Bertz CT molecular complexity index is 493. The van der Waals surface area contributed by atoms with E-state index in [0.717, 1.165) is 23.6 Å². The largest absolute Gasteiger partial charge is 0.453 e. The van der Waals surface area contributed by atoms with E-state index < -0.39 is 0 Å². The minimum absolute atomic E-state index is 0.308. The first-order chi connectivity index (χ1) is 8.52. The van der Waals surface area contributed by atoms with Crippen LogP contribution in [0.5, 0.6) is 0 Å². The number of carbonyl (C=O) groups excluding carboxylic acids is 1. The summed E-state index contributed by atoms with van der Waals surface area (Å²) in [6.45, 7) is 7.33. The minimum Gasteiger partial charge on any atom is -0.453 e. The van der Waals surface area contributed by atoms with E-state index in [1.54, 1.807) is 4.90 Å². The first kappa shape index (κ1) is 12.5. The molecule has 0 saturated heterocycles. The smallest absolute Gasteiger partial charge is 0.409 e. The van der Waals surface area contributed by atoms with Gasteiger partial charge >= 0.3 is 6.09 Å². The Morgan fingerprint density at radius 1 is 1.61 bits per heavy atom. The molecule has 0 unspecified atom stereocenters. The number of rotatable bonds is 2. The average Bonchev–Trinajstić information content (AvgIpc) is 2.64. The molecular weight excluding hydrogens is 232 g/mol. The number of carbonyl (C=O) groups is 1. The third-order valence-corrected chi connectivity index (χ3v) is 3.10. The van der Waals surface area contributed by atoms with Crippen LogP contribution in [-0.2, 0) is 24.2 Å². The van der Waals surface area contributed by atoms with Gasteiger partial charge in [-0.15, -0.1) is 0 Å². The van der Waals surface area contributed by atoms with Gasteiger partial charge in [0.2, 0.25) is 0 Å². The molecule has 2 N–H and O–H groups in total. The Morgan fingerprint density at radius 2 is 2.33 bits per heavy atom. The topological polar surface area (TPSA) is 73.4 Å². The fourth-order valence-corrected chi connectivity index (χ4v) is 2.25. The summed E-state index contributed by atoms with van der Waals surface area (Å²) >= 11 is 0. The summed E-state index contributed by atoms with van der Waals surface area (Å²) in [7, 11) is 1.39. The van der Waals surface area contributed by atoms with Gasteiger partial charge in [-0.1, -0.05) is 6.58 Å². The molecule has 1 aliphatic heterocycles. The molecule has 2 rings (SSSR count). The molecule has 1 aromatic rings. The summed E-state index contributed by atoms with van der Waals surface area (Å²) in [4.78, 5) is 17.7. The van der Waals surface area contributed by atoms with E-state index in [4.69, 9.17) is 10.5 Å². The Hall–Kier alpha value is -1.98. The number of allylic oxidation sites excluding steroid dienone is 1. The highest BCUT2D eigenvalue weighted by atomic mass is 16.5. The molecule has 0 bridgehead atoms. The van der Waals surface area contributed by atoms with Crippen molar-refractivity contribution >= 4 is 6.09 Å². The molecule has 1 amide bonds. The predicted octanol–water partition coefficient (Wildman–Crippen LogP) is 0.788. The van der Waals surface area contributed by atoms with Crippen molar-refractivity contribution in [2.75, 3.05) is 13.7 Å². The Kier molecular flexibility index (Phi) is 3.27. The van der Waals surface area contributed by atoms with E-state index in [-0.39, 0.29) is 6.09 Å². The number of aryl methyl sites for hydroxylation is 1. The highest BCUT2D eigenvalue weighted by Crippen LogP contribution is 2.21. The number of amides is 1. The van der Waals surface area contributed by atoms with E-state index in [2.05, 4.69) is 11.6 Å². The van der Waals surface area contributed by atoms with Gasteiger partial charge in [-0.2, -0.15) is 0 Å². The second-order valence-corrected chi connectivity index (χ2v) is 4.44. The van der Waals surface area contributed by atoms with Gasteiger partial charge in [-0.25, -0.2) is 9.78 Å². The van der Waals surface area contributed by atoms with Crippen molar-refractivity contribution in [1.82, 2.24) is 14.5 Å². The Morgan fingerprint density at radius 3 is 2.94 bits per heavy atom. The molecule has 0 saturated carbocycles. The maximum Gasteiger partial charge on any atom is 0.409 e. The highest BCUT2D eigenvalue weighted by Gasteiger charge is 2.26. The summed E-state index contributed by atoms with van der Waals surface area (Å²) in [5, 5.41) is 0. The van der Waals surface area contributed by atoms with Gasteiger partial charge in [0, 0.05) is 18.7 Å². The molecule has 6 heteroatoms. The van der Waals surface area contributed by atoms with Crippen LogP contribution in [0.3, 0.4) is 0 Å². The summed E-state index contributed by atoms with van der Waals surface area (Å²) in [6, 6.07) is 0. The molecule has 6 nitrogen and oxygen atoms in total. The van der Waals surface area contributed by atoms with Gasteiger partial charge < -0.3 is 19.9 Å². The maximum absolute atomic E-state index is 11.5. The zero-order valence-corrected chi connectivity index (χ0v) is 10.8. The van der Waals surface area contributed by atoms with Crippen molar-refractivity contribution in [2.24, 2.45) is 5.73 Å². The molecule has 0 aliphatic carbocycles. The van der Waals surface area contributed by atoms with E-state index in [1.165, 1.54) is 7.11 Å². The molecular formula is C12H18N4O2. The van der Waals surface area contributed by atoms with E-state index in [1.807, 2.05) is 11.5 Å². The van der Waals surface area contributed by atoms with Crippen molar-refractivity contribution in [3.8, 4) is 0 Å². The van der Waals surface area contributed by atoms with Crippen molar-refractivity contribution in [3.63, 3.8) is 0 Å². The molecule has 0 atom stereocenters. The number of methoxy groups -OCH3 is 1. The van der Waals surface area contributed by atoms with Gasteiger partial charge in [0.25, 0.3) is 0 Å². The number of fused-ring (bicyclic) bond motifs is 1. The number of nitrogens with zero attached hydrogens (tertiary/aromatic N) is 3. The van der Waals surface area contributed by atoms with Crippen LogP contribution in [0.15, 0.2) is 12.3 Å². The standard InChI is InChI=1S/C12H18N4O2/c1-8(13)6-16-9(2)14-10-4-5-15(7-11(10)16)12(17)18-3/h1,4-7,13H2,2-3H3. The molecule has 1 aromatic heterocycles. The quantitative estimate of drug-likeness (QED) is 0.842. The molecule has 98 valence electrons. The zero-order chi connectivity index (χ0) is 13.3. The highest BCUT2D eigenvalue weighted by molar-refractivity contribution is 5.67. The molecule has 2 heterocycles. The normalized spacial score (nSPS) is 14.2. The minimum atomic E-state index is -0.308. The predicted molar refractivity (Wildman–Crippen MR) is 66.8 cm³/mol. The van der Waals surface area contributed by atoms with Gasteiger partial charge in [-0.05, 0) is 6.92 Å². The lowest BCUT2D eigenvalue weighted by Gasteiger charge is -2.26. The third kappa shape index (κ3) is 2.18. The number of imidazole rings is 1. The molecule has 18 heavy (non-hydrogen) atoms. The number of aromatic nitrogens is 2. The first-order valence-electron chi connectivity index (χ1n) is 5.84. The van der Waals surface area contributed by atoms with Crippen LogP contribution in [0.1, 0.15) is 17.2 Å². The number of hydrogen-bond donors (Lipinski definition) is 1. The summed E-state index contributed by atoms with van der Waals surface area (Å²) in [6.07, 6.45) is 0.438. The lowest BCUT2D eigenvalue weighted by Crippen LogP contribution is -2.36. The molecule has 0 radical (unpaired) electrons. The van der Waals surface area contributed by atoms with Crippen LogP contribution in [-0.4, -0.2) is 34.2 Å². The molecule has 1 aliphatic rings. The Labute approximate surface area is 106 Å². The van der Waals surface area contributed by atoms with Gasteiger partial charge in [-0.3, -0.25) is 0 Å². The lowest BCUT2D eigenvalue weighted by molar-refractivity contribution is 0.117. The van der Waals surface area contributed by atoms with Gasteiger partial charge in [0.05, 0.1) is 31.6 Å². The van der Waals surface area contributed by atoms with Crippen LogP contribution in [0.4, 0.5) is 4.79 Å². The zero-order valence-electron chi connectivity index (χ0n) is 10.8. The van der Waals surface area contributed by atoms with Crippen LogP contribution < -0.4 is 5.73 Å². The number of hydrogen-bond acceptors (Lipinski definition) is 4. The summed E-state index contributed by atoms with van der Waals surface area (Å²) < 4.78 is 6.75. The second-order valence-electron chi connectivity index (χ2n) is 4.44. The lowest BCUT2D eigenvalue weighted by atomic mass is 10.1. The molecule has 0 spiro atoms. The van der Waals surface area contributed by atoms with Gasteiger partial charge in [0.1, 0.15) is 5.82 Å². The van der Waals surface area contributed by atoms with Crippen molar-refractivity contribution in [2.45, 2.75) is 26.4 Å². The van der Waals surface area contributed by atoms with Crippen molar-refractivity contribution < 1.29 is 9.53 Å². The van der Waals surface area contributed by atoms with E-state index in [0.29, 0.717) is 25.3 Å². The van der Waals surface area contributed by atoms with Crippen molar-refractivity contribution in [3.05, 3.63) is 29.5 Å². The SMILES string of the molecule is C=C(N)Cn1c(C)nc2c1CN(C(=O)OC)CC2. The van der Waals surface area contributed by atoms with Crippen LogP contribution in [0.25, 0.3) is 0 Å². The van der Waals surface area contributed by atoms with Gasteiger partial charge in [0.15, 0.2) is 0 Å². The Balaban J connectivity index is 2.29. The third-order valence-electron chi connectivity index (χ3n) is 3.10. The molecule has 0 aromatic carbocycles. The van der Waals surface area contributed by atoms with E-state index in [9.17, 15) is 4.79 Å². The van der Waals surface area contributed by atoms with Crippen LogP contribution in [0.2, 0.25) is 0 Å². The monoisotopic (exact) mass is 250 g/mol. The fourth-order valence-electron chi connectivity index (χ4n) is 2.25. The van der Waals surface area contributed by atoms with Crippen LogP contribution >= 0.6 is 0 Å². The second kappa shape index (κ2) is 4.72. The number of ether oxygens (including phenoxy) is 1. The van der Waals surface area contributed by atoms with Crippen molar-refractivity contribution in [1.29, 1.82) is 0 Å². The summed E-state index contributed by atoms with van der Waals surface area (Å²) in [5.41, 5.74) is 8.30. The number of nitrogens with two attached hydrogens (primary N) is 1. The fraction of sp³-hybridized carbons (Fsp3) is 0.500.